The summed E-state index contributed by atoms with van der Waals surface area (Å²) in [6.45, 7) is 0.502. The molecule has 0 fully saturated rings. The van der Waals surface area contributed by atoms with E-state index in [4.69, 9.17) is 11.6 Å². The Morgan fingerprint density at radius 1 is 1.17 bits per heavy atom. The number of carbonyl (C=O) groups is 1. The van der Waals surface area contributed by atoms with Crippen LogP contribution in [0.1, 0.15) is 5.69 Å². The number of aromatic nitrogens is 3. The molecule has 0 saturated carbocycles. The summed E-state index contributed by atoms with van der Waals surface area (Å²) in [6.07, 6.45) is 5.89. The zero-order valence-electron chi connectivity index (χ0n) is 12.8. The smallest absolute Gasteiger partial charge is 0.319 e. The van der Waals surface area contributed by atoms with Crippen LogP contribution in [0.25, 0.3) is 5.69 Å². The van der Waals surface area contributed by atoms with Crippen molar-refractivity contribution < 1.29 is 4.79 Å². The van der Waals surface area contributed by atoms with Crippen LogP contribution < -0.4 is 10.6 Å². The third kappa shape index (κ3) is 4.11. The molecule has 0 unspecified atom stereocenters. The van der Waals surface area contributed by atoms with E-state index in [-0.39, 0.29) is 6.03 Å². The van der Waals surface area contributed by atoms with Crippen molar-refractivity contribution in [3.63, 3.8) is 0 Å². The molecule has 1 aromatic carbocycles. The van der Waals surface area contributed by atoms with Gasteiger partial charge in [0.1, 0.15) is 0 Å². The Hall–Kier alpha value is -2.86. The van der Waals surface area contributed by atoms with E-state index in [0.717, 1.165) is 11.4 Å². The fraction of sp³-hybridized carbons (Fsp3) is 0.118. The molecule has 0 bridgehead atoms. The minimum Gasteiger partial charge on any atom is -0.337 e. The Morgan fingerprint density at radius 2 is 2.08 bits per heavy atom. The maximum absolute atomic E-state index is 11.9. The number of halogens is 1. The first-order valence-corrected chi connectivity index (χ1v) is 7.84. The van der Waals surface area contributed by atoms with Gasteiger partial charge >= 0.3 is 6.03 Å². The van der Waals surface area contributed by atoms with E-state index < -0.39 is 0 Å². The predicted molar refractivity (Wildman–Crippen MR) is 93.5 cm³/mol. The van der Waals surface area contributed by atoms with Crippen molar-refractivity contribution in [2.45, 2.75) is 6.42 Å². The monoisotopic (exact) mass is 341 g/mol. The Morgan fingerprint density at radius 3 is 2.79 bits per heavy atom. The molecule has 0 atom stereocenters. The summed E-state index contributed by atoms with van der Waals surface area (Å²) in [5, 5.41) is 10.2. The minimum atomic E-state index is -0.283. The lowest BCUT2D eigenvalue weighted by molar-refractivity contribution is 0.252. The molecule has 3 aromatic rings. The summed E-state index contributed by atoms with van der Waals surface area (Å²) < 4.78 is 1.67. The number of amides is 2. The predicted octanol–water partition coefficient (Wildman–Crippen LogP) is 3.28. The van der Waals surface area contributed by atoms with Gasteiger partial charge in [-0.2, -0.15) is 5.10 Å². The highest BCUT2D eigenvalue weighted by molar-refractivity contribution is 6.32. The number of nitrogens with one attached hydrogen (secondary N) is 2. The van der Waals surface area contributed by atoms with Crippen LogP contribution in [0.15, 0.2) is 61.1 Å². The number of anilines is 1. The Kier molecular flexibility index (Phi) is 5.08. The molecule has 0 aliphatic rings. The van der Waals surface area contributed by atoms with Gasteiger partial charge in [-0.15, -0.1) is 0 Å². The van der Waals surface area contributed by atoms with Gasteiger partial charge in [-0.25, -0.2) is 9.48 Å². The quantitative estimate of drug-likeness (QED) is 0.748. The standard InChI is InChI=1S/C17H16ClN5O/c18-15-12-14(5-6-16(15)23-11-3-9-21-23)22-17(24)20-10-7-13-4-1-2-8-19-13/h1-6,8-9,11-12H,7,10H2,(H2,20,22,24). The zero-order valence-corrected chi connectivity index (χ0v) is 13.6. The average Bonchev–Trinajstić information content (AvgIpc) is 3.10. The molecule has 0 radical (unpaired) electrons. The fourth-order valence-electron chi connectivity index (χ4n) is 2.21. The van der Waals surface area contributed by atoms with Crippen LogP contribution in [0.4, 0.5) is 10.5 Å². The van der Waals surface area contributed by atoms with Crippen molar-refractivity contribution in [2.24, 2.45) is 0 Å². The molecule has 7 heteroatoms. The molecule has 122 valence electrons. The van der Waals surface area contributed by atoms with Gasteiger partial charge in [-0.3, -0.25) is 4.98 Å². The van der Waals surface area contributed by atoms with Gasteiger partial charge < -0.3 is 10.6 Å². The second kappa shape index (κ2) is 7.61. The van der Waals surface area contributed by atoms with Gasteiger partial charge in [0.05, 0.1) is 10.7 Å². The van der Waals surface area contributed by atoms with Crippen LogP contribution in [0, 0.1) is 0 Å². The number of rotatable bonds is 5. The first-order chi connectivity index (χ1) is 11.7. The molecule has 2 aromatic heterocycles. The van der Waals surface area contributed by atoms with Crippen LogP contribution in [0.2, 0.25) is 5.02 Å². The summed E-state index contributed by atoms with van der Waals surface area (Å²) in [7, 11) is 0. The highest BCUT2D eigenvalue weighted by Crippen LogP contribution is 2.23. The van der Waals surface area contributed by atoms with Crippen molar-refractivity contribution in [1.82, 2.24) is 20.1 Å². The molecule has 2 N–H and O–H groups in total. The second-order valence-corrected chi connectivity index (χ2v) is 5.48. The lowest BCUT2D eigenvalue weighted by Crippen LogP contribution is -2.30. The molecule has 2 amide bonds. The summed E-state index contributed by atoms with van der Waals surface area (Å²) >= 11 is 6.25. The minimum absolute atomic E-state index is 0.283. The van der Waals surface area contributed by atoms with E-state index >= 15 is 0 Å². The molecule has 6 nitrogen and oxygen atoms in total. The third-order valence-electron chi connectivity index (χ3n) is 3.35. The van der Waals surface area contributed by atoms with E-state index in [1.54, 1.807) is 41.5 Å². The molecular weight excluding hydrogens is 326 g/mol. The first-order valence-electron chi connectivity index (χ1n) is 7.47. The molecule has 0 spiro atoms. The Bertz CT molecular complexity index is 805. The SMILES string of the molecule is O=C(NCCc1ccccn1)Nc1ccc(-n2cccn2)c(Cl)c1. The number of carbonyl (C=O) groups excluding carboxylic acids is 1. The van der Waals surface area contributed by atoms with Gasteiger partial charge in [0.25, 0.3) is 0 Å². The normalized spacial score (nSPS) is 10.4. The topological polar surface area (TPSA) is 71.8 Å². The lowest BCUT2D eigenvalue weighted by atomic mass is 10.2. The highest BCUT2D eigenvalue weighted by atomic mass is 35.5. The number of nitrogens with zero attached hydrogens (tertiary/aromatic N) is 3. The van der Waals surface area contributed by atoms with E-state index in [9.17, 15) is 4.79 Å². The molecule has 0 saturated heterocycles. The van der Waals surface area contributed by atoms with Crippen molar-refractivity contribution in [2.75, 3.05) is 11.9 Å². The van der Waals surface area contributed by atoms with Crippen LogP contribution in [-0.2, 0) is 6.42 Å². The van der Waals surface area contributed by atoms with Gasteiger partial charge in [-0.1, -0.05) is 17.7 Å². The largest absolute Gasteiger partial charge is 0.337 e. The van der Waals surface area contributed by atoms with Gasteiger partial charge in [0.15, 0.2) is 0 Å². The van der Waals surface area contributed by atoms with Gasteiger partial charge in [0.2, 0.25) is 0 Å². The molecule has 0 aliphatic carbocycles. The first kappa shape index (κ1) is 16.0. The Labute approximate surface area is 144 Å². The van der Waals surface area contributed by atoms with Gasteiger partial charge in [0, 0.05) is 42.9 Å². The van der Waals surface area contributed by atoms with Crippen molar-refractivity contribution >= 4 is 23.3 Å². The number of pyridine rings is 1. The lowest BCUT2D eigenvalue weighted by Gasteiger charge is -2.10. The third-order valence-corrected chi connectivity index (χ3v) is 3.65. The summed E-state index contributed by atoms with van der Waals surface area (Å²) in [5.74, 6) is 0. The zero-order chi connectivity index (χ0) is 16.8. The van der Waals surface area contributed by atoms with E-state index in [1.807, 2.05) is 24.3 Å². The van der Waals surface area contributed by atoms with Gasteiger partial charge in [-0.05, 0) is 36.4 Å². The maximum Gasteiger partial charge on any atom is 0.319 e. The fourth-order valence-corrected chi connectivity index (χ4v) is 2.47. The maximum atomic E-state index is 11.9. The van der Waals surface area contributed by atoms with Crippen molar-refractivity contribution in [3.8, 4) is 5.69 Å². The Balaban J connectivity index is 1.54. The van der Waals surface area contributed by atoms with Crippen LogP contribution >= 0.6 is 11.6 Å². The summed E-state index contributed by atoms with van der Waals surface area (Å²) in [5.41, 5.74) is 2.30. The number of benzene rings is 1. The molecule has 0 aliphatic heterocycles. The summed E-state index contributed by atoms with van der Waals surface area (Å²) in [4.78, 5) is 16.1. The van der Waals surface area contributed by atoms with Crippen molar-refractivity contribution in [1.29, 1.82) is 0 Å². The van der Waals surface area contributed by atoms with E-state index in [2.05, 4.69) is 20.7 Å². The number of hydrogen-bond donors (Lipinski definition) is 2. The number of hydrogen-bond acceptors (Lipinski definition) is 3. The molecule has 2 heterocycles. The highest BCUT2D eigenvalue weighted by Gasteiger charge is 2.07. The van der Waals surface area contributed by atoms with Crippen molar-refractivity contribution in [3.05, 3.63) is 71.8 Å². The van der Waals surface area contributed by atoms with Crippen LogP contribution in [-0.4, -0.2) is 27.3 Å². The van der Waals surface area contributed by atoms with Crippen LogP contribution in [0.5, 0.6) is 0 Å². The molecule has 3 rings (SSSR count). The molecular formula is C17H16ClN5O. The van der Waals surface area contributed by atoms with E-state index in [0.29, 0.717) is 23.7 Å². The molecule has 24 heavy (non-hydrogen) atoms. The number of urea groups is 1. The second-order valence-electron chi connectivity index (χ2n) is 5.07. The summed E-state index contributed by atoms with van der Waals surface area (Å²) in [6, 6.07) is 12.5. The van der Waals surface area contributed by atoms with Crippen LogP contribution in [0.3, 0.4) is 0 Å². The average molecular weight is 342 g/mol. The van der Waals surface area contributed by atoms with E-state index in [1.165, 1.54) is 0 Å².